The van der Waals surface area contributed by atoms with Gasteiger partial charge in [-0.3, -0.25) is 4.90 Å². The van der Waals surface area contributed by atoms with Gasteiger partial charge in [0, 0.05) is 18.1 Å². The normalized spacial score (nSPS) is 15.7. The highest BCUT2D eigenvalue weighted by molar-refractivity contribution is 7.80. The lowest BCUT2D eigenvalue weighted by molar-refractivity contribution is 0.246. The molecule has 0 aromatic heterocycles. The number of benzene rings is 2. The topological polar surface area (TPSA) is 27.3 Å². The highest BCUT2D eigenvalue weighted by atomic mass is 35.5. The zero-order valence-electron chi connectivity index (χ0n) is 14.2. The first-order valence-electron chi connectivity index (χ1n) is 8.78. The SMILES string of the molecule is S=C(NCc1ccccc1)NC[C@@H](c1ccccc1Cl)N1CCCC1. The van der Waals surface area contributed by atoms with E-state index >= 15 is 0 Å². The summed E-state index contributed by atoms with van der Waals surface area (Å²) < 4.78 is 0. The van der Waals surface area contributed by atoms with Crippen molar-refractivity contribution in [1.29, 1.82) is 0 Å². The van der Waals surface area contributed by atoms with Crippen LogP contribution in [0.4, 0.5) is 0 Å². The first-order chi connectivity index (χ1) is 12.2. The molecule has 0 bridgehead atoms. The van der Waals surface area contributed by atoms with E-state index in [4.69, 9.17) is 23.8 Å². The van der Waals surface area contributed by atoms with Crippen molar-refractivity contribution in [2.45, 2.75) is 25.4 Å². The van der Waals surface area contributed by atoms with Crippen molar-refractivity contribution in [3.8, 4) is 0 Å². The maximum atomic E-state index is 6.45. The Morgan fingerprint density at radius 3 is 2.40 bits per heavy atom. The van der Waals surface area contributed by atoms with Gasteiger partial charge in [-0.25, -0.2) is 0 Å². The van der Waals surface area contributed by atoms with Gasteiger partial charge in [0.05, 0.1) is 6.04 Å². The summed E-state index contributed by atoms with van der Waals surface area (Å²) in [5.41, 5.74) is 2.39. The standard InChI is InChI=1S/C20H24ClN3S/c21-18-11-5-4-10-17(18)19(24-12-6-7-13-24)15-23-20(25)22-14-16-8-2-1-3-9-16/h1-5,8-11,19H,6-7,12-15H2,(H2,22,23,25)/t19-/m0/s1. The van der Waals surface area contributed by atoms with Crippen molar-refractivity contribution in [1.82, 2.24) is 15.5 Å². The molecule has 2 N–H and O–H groups in total. The van der Waals surface area contributed by atoms with E-state index in [0.717, 1.165) is 31.2 Å². The molecule has 2 aromatic carbocycles. The first kappa shape index (κ1) is 18.2. The van der Waals surface area contributed by atoms with E-state index in [0.29, 0.717) is 5.11 Å². The largest absolute Gasteiger partial charge is 0.361 e. The van der Waals surface area contributed by atoms with E-state index < -0.39 is 0 Å². The van der Waals surface area contributed by atoms with Gasteiger partial charge in [0.15, 0.2) is 5.11 Å². The molecule has 0 amide bonds. The smallest absolute Gasteiger partial charge is 0.166 e. The van der Waals surface area contributed by atoms with Crippen LogP contribution >= 0.6 is 23.8 Å². The predicted molar refractivity (Wildman–Crippen MR) is 109 cm³/mol. The fraction of sp³-hybridized carbons (Fsp3) is 0.350. The summed E-state index contributed by atoms with van der Waals surface area (Å²) in [6, 6.07) is 18.6. The van der Waals surface area contributed by atoms with Crippen LogP contribution in [0.25, 0.3) is 0 Å². The Morgan fingerprint density at radius 1 is 1.00 bits per heavy atom. The van der Waals surface area contributed by atoms with Crippen LogP contribution in [0, 0.1) is 0 Å². The number of nitrogens with zero attached hydrogens (tertiary/aromatic N) is 1. The van der Waals surface area contributed by atoms with Gasteiger partial charge in [-0.2, -0.15) is 0 Å². The highest BCUT2D eigenvalue weighted by Gasteiger charge is 2.25. The second-order valence-corrected chi connectivity index (χ2v) is 7.15. The molecule has 5 heteroatoms. The van der Waals surface area contributed by atoms with Gasteiger partial charge in [0.25, 0.3) is 0 Å². The van der Waals surface area contributed by atoms with Crippen molar-refractivity contribution in [2.75, 3.05) is 19.6 Å². The molecule has 2 aromatic rings. The van der Waals surface area contributed by atoms with Crippen LogP contribution in [-0.2, 0) is 6.54 Å². The molecule has 3 nitrogen and oxygen atoms in total. The van der Waals surface area contributed by atoms with Gasteiger partial charge in [-0.05, 0) is 55.3 Å². The number of rotatable bonds is 6. The van der Waals surface area contributed by atoms with E-state index in [1.807, 2.05) is 30.3 Å². The average Bonchev–Trinajstić information content (AvgIpc) is 3.17. The van der Waals surface area contributed by atoms with Crippen molar-refractivity contribution in [2.24, 2.45) is 0 Å². The molecule has 1 saturated heterocycles. The second kappa shape index (κ2) is 9.18. The van der Waals surface area contributed by atoms with Gasteiger partial charge in [0.2, 0.25) is 0 Å². The van der Waals surface area contributed by atoms with Crippen LogP contribution in [0.2, 0.25) is 5.02 Å². The van der Waals surface area contributed by atoms with E-state index in [-0.39, 0.29) is 6.04 Å². The van der Waals surface area contributed by atoms with Crippen molar-refractivity contribution >= 4 is 28.9 Å². The van der Waals surface area contributed by atoms with Crippen LogP contribution in [0.3, 0.4) is 0 Å². The Balaban J connectivity index is 1.59. The molecule has 0 saturated carbocycles. The van der Waals surface area contributed by atoms with Crippen molar-refractivity contribution < 1.29 is 0 Å². The van der Waals surface area contributed by atoms with Crippen LogP contribution in [-0.4, -0.2) is 29.6 Å². The molecule has 25 heavy (non-hydrogen) atoms. The number of hydrogen-bond donors (Lipinski definition) is 2. The fourth-order valence-electron chi connectivity index (χ4n) is 3.26. The molecular weight excluding hydrogens is 350 g/mol. The van der Waals surface area contributed by atoms with Gasteiger partial charge < -0.3 is 10.6 Å². The van der Waals surface area contributed by atoms with Crippen LogP contribution in [0.15, 0.2) is 54.6 Å². The van der Waals surface area contributed by atoms with E-state index in [1.54, 1.807) is 0 Å². The first-order valence-corrected chi connectivity index (χ1v) is 9.57. The Labute approximate surface area is 160 Å². The Morgan fingerprint density at radius 2 is 1.68 bits per heavy atom. The maximum absolute atomic E-state index is 6.45. The maximum Gasteiger partial charge on any atom is 0.166 e. The number of thiocarbonyl (C=S) groups is 1. The Kier molecular flexibility index (Phi) is 6.68. The van der Waals surface area contributed by atoms with Crippen LogP contribution in [0.1, 0.15) is 30.0 Å². The third-order valence-corrected chi connectivity index (χ3v) is 5.23. The van der Waals surface area contributed by atoms with E-state index in [1.165, 1.54) is 24.0 Å². The van der Waals surface area contributed by atoms with Gasteiger partial charge in [-0.15, -0.1) is 0 Å². The molecule has 0 aliphatic carbocycles. The highest BCUT2D eigenvalue weighted by Crippen LogP contribution is 2.29. The second-order valence-electron chi connectivity index (χ2n) is 6.33. The summed E-state index contributed by atoms with van der Waals surface area (Å²) in [6.07, 6.45) is 2.50. The molecule has 0 spiro atoms. The number of nitrogens with one attached hydrogen (secondary N) is 2. The summed E-state index contributed by atoms with van der Waals surface area (Å²) in [7, 11) is 0. The Bertz CT molecular complexity index is 686. The molecule has 1 aliphatic rings. The molecule has 1 heterocycles. The quantitative estimate of drug-likeness (QED) is 0.744. The van der Waals surface area contributed by atoms with Gasteiger partial charge in [-0.1, -0.05) is 60.1 Å². The average molecular weight is 374 g/mol. The summed E-state index contributed by atoms with van der Waals surface area (Å²) in [5, 5.41) is 8.16. The minimum atomic E-state index is 0.243. The third kappa shape index (κ3) is 5.18. The summed E-state index contributed by atoms with van der Waals surface area (Å²) in [6.45, 7) is 3.71. The number of likely N-dealkylation sites (tertiary alicyclic amines) is 1. The zero-order chi connectivity index (χ0) is 17.5. The summed E-state index contributed by atoms with van der Waals surface area (Å²) >= 11 is 11.9. The van der Waals surface area contributed by atoms with Gasteiger partial charge in [0.1, 0.15) is 0 Å². The lowest BCUT2D eigenvalue weighted by Crippen LogP contribution is -2.41. The minimum Gasteiger partial charge on any atom is -0.361 e. The zero-order valence-corrected chi connectivity index (χ0v) is 15.8. The third-order valence-electron chi connectivity index (χ3n) is 4.60. The van der Waals surface area contributed by atoms with Gasteiger partial charge >= 0.3 is 0 Å². The Hall–Kier alpha value is -1.62. The number of halogens is 1. The summed E-state index contributed by atoms with van der Waals surface area (Å²) in [4.78, 5) is 2.49. The molecule has 0 radical (unpaired) electrons. The predicted octanol–water partition coefficient (Wildman–Crippen LogP) is 4.14. The lowest BCUT2D eigenvalue weighted by atomic mass is 10.1. The minimum absolute atomic E-state index is 0.243. The van der Waals surface area contributed by atoms with E-state index in [9.17, 15) is 0 Å². The van der Waals surface area contributed by atoms with E-state index in [2.05, 4.69) is 39.8 Å². The molecule has 132 valence electrons. The van der Waals surface area contributed by atoms with Crippen molar-refractivity contribution in [3.05, 3.63) is 70.7 Å². The molecule has 1 atom stereocenters. The molecule has 3 rings (SSSR count). The summed E-state index contributed by atoms with van der Waals surface area (Å²) in [5.74, 6) is 0. The molecule has 1 fully saturated rings. The van der Waals surface area contributed by atoms with Crippen LogP contribution < -0.4 is 10.6 Å². The molecular formula is C20H24ClN3S. The fourth-order valence-corrected chi connectivity index (χ4v) is 3.68. The number of hydrogen-bond acceptors (Lipinski definition) is 2. The van der Waals surface area contributed by atoms with Crippen LogP contribution in [0.5, 0.6) is 0 Å². The monoisotopic (exact) mass is 373 g/mol. The van der Waals surface area contributed by atoms with Crippen molar-refractivity contribution in [3.63, 3.8) is 0 Å². The lowest BCUT2D eigenvalue weighted by Gasteiger charge is -2.29. The molecule has 1 aliphatic heterocycles. The molecule has 0 unspecified atom stereocenters.